The normalized spacial score (nSPS) is 16.0. The van der Waals surface area contributed by atoms with Gasteiger partial charge in [-0.15, -0.1) is 0 Å². The molecule has 0 bridgehead atoms. The van der Waals surface area contributed by atoms with Crippen LogP contribution in [0.1, 0.15) is 41.0 Å². The maximum absolute atomic E-state index is 15.2. The van der Waals surface area contributed by atoms with Crippen LogP contribution in [0.25, 0.3) is 11.3 Å². The number of carbonyl (C=O) groups excluding carboxylic acids is 1. The molecule has 3 aromatic rings. The van der Waals surface area contributed by atoms with Gasteiger partial charge in [0.05, 0.1) is 17.0 Å². The largest absolute Gasteiger partial charge is 0.384 e. The van der Waals surface area contributed by atoms with Crippen LogP contribution in [0.5, 0.6) is 0 Å². The molecule has 7 nitrogen and oxygen atoms in total. The van der Waals surface area contributed by atoms with Gasteiger partial charge in [-0.3, -0.25) is 4.79 Å². The first kappa shape index (κ1) is 24.2. The van der Waals surface area contributed by atoms with E-state index < -0.39 is 23.1 Å². The van der Waals surface area contributed by atoms with E-state index in [4.69, 9.17) is 5.73 Å². The summed E-state index contributed by atoms with van der Waals surface area (Å²) in [6.45, 7) is 5.46. The first-order chi connectivity index (χ1) is 16.8. The number of pyridine rings is 1. The smallest absolute Gasteiger partial charge is 0.260 e. The first-order valence-electron chi connectivity index (χ1n) is 11.3. The molecule has 35 heavy (non-hydrogen) atoms. The second-order valence-corrected chi connectivity index (χ2v) is 8.54. The number of amides is 1. The molecule has 0 radical (unpaired) electrons. The number of carbonyl (C=O) groups is 1. The SMILES string of the molecule is CCc1ncnc(-c2cc(F)c(C(=O)N3CCN(C)CC3C)c(F)c2)c1C#Cc1ccc(N)nc1. The van der Waals surface area contributed by atoms with Crippen LogP contribution in [-0.2, 0) is 6.42 Å². The summed E-state index contributed by atoms with van der Waals surface area (Å²) < 4.78 is 30.4. The van der Waals surface area contributed by atoms with E-state index in [1.807, 2.05) is 20.9 Å². The minimum atomic E-state index is -0.936. The lowest BCUT2D eigenvalue weighted by Crippen LogP contribution is -2.53. The molecule has 2 aromatic heterocycles. The number of benzene rings is 1. The number of nitrogens with two attached hydrogens (primary N) is 1. The van der Waals surface area contributed by atoms with Gasteiger partial charge in [0, 0.05) is 43.0 Å². The highest BCUT2D eigenvalue weighted by atomic mass is 19.1. The minimum absolute atomic E-state index is 0.154. The molecular formula is C26H26F2N6O. The van der Waals surface area contributed by atoms with Gasteiger partial charge in [-0.2, -0.15) is 0 Å². The molecule has 1 unspecified atom stereocenters. The fourth-order valence-corrected chi connectivity index (χ4v) is 4.15. The molecule has 180 valence electrons. The topological polar surface area (TPSA) is 88.2 Å². The quantitative estimate of drug-likeness (QED) is 0.585. The fourth-order valence-electron chi connectivity index (χ4n) is 4.15. The molecule has 3 heterocycles. The summed E-state index contributed by atoms with van der Waals surface area (Å²) in [6, 6.07) is 5.47. The Bertz CT molecular complexity index is 1290. The lowest BCUT2D eigenvalue weighted by molar-refractivity contribution is 0.0524. The van der Waals surface area contributed by atoms with Crippen LogP contribution in [-0.4, -0.2) is 63.4 Å². The molecule has 2 N–H and O–H groups in total. The predicted molar refractivity (Wildman–Crippen MR) is 129 cm³/mol. The van der Waals surface area contributed by atoms with Gasteiger partial charge in [0.25, 0.3) is 5.91 Å². The number of likely N-dealkylation sites (N-methyl/N-ethyl adjacent to an activating group) is 1. The molecule has 0 saturated carbocycles. The summed E-state index contributed by atoms with van der Waals surface area (Å²) in [4.78, 5) is 29.2. The highest BCUT2D eigenvalue weighted by molar-refractivity contribution is 5.95. The highest BCUT2D eigenvalue weighted by Crippen LogP contribution is 2.28. The summed E-state index contributed by atoms with van der Waals surface area (Å²) in [7, 11) is 1.95. The molecule has 1 atom stereocenters. The van der Waals surface area contributed by atoms with Gasteiger partial charge < -0.3 is 15.5 Å². The van der Waals surface area contributed by atoms with Gasteiger partial charge in [0.15, 0.2) is 0 Å². The summed E-state index contributed by atoms with van der Waals surface area (Å²) in [6.07, 6.45) is 3.42. The Labute approximate surface area is 203 Å². The second-order valence-electron chi connectivity index (χ2n) is 8.54. The number of nitrogen functional groups attached to an aromatic ring is 1. The van der Waals surface area contributed by atoms with Crippen molar-refractivity contribution in [1.29, 1.82) is 0 Å². The molecule has 9 heteroatoms. The molecule has 1 fully saturated rings. The summed E-state index contributed by atoms with van der Waals surface area (Å²) in [5.41, 5.74) is 7.25. The van der Waals surface area contributed by atoms with Crippen molar-refractivity contribution in [2.24, 2.45) is 0 Å². The molecule has 1 amide bonds. The van der Waals surface area contributed by atoms with E-state index in [0.29, 0.717) is 48.7 Å². The van der Waals surface area contributed by atoms with Crippen LogP contribution in [0.3, 0.4) is 0 Å². The number of halogens is 2. The second kappa shape index (κ2) is 10.2. The number of anilines is 1. The number of rotatable bonds is 3. The molecule has 1 saturated heterocycles. The summed E-state index contributed by atoms with van der Waals surface area (Å²) in [5, 5.41) is 0. The molecule has 0 spiro atoms. The van der Waals surface area contributed by atoms with Gasteiger partial charge in [-0.1, -0.05) is 18.8 Å². The third kappa shape index (κ3) is 5.12. The van der Waals surface area contributed by atoms with Gasteiger partial charge in [0.2, 0.25) is 0 Å². The van der Waals surface area contributed by atoms with Gasteiger partial charge in [-0.05, 0) is 44.7 Å². The monoisotopic (exact) mass is 476 g/mol. The van der Waals surface area contributed by atoms with E-state index in [-0.39, 0.29) is 17.3 Å². The van der Waals surface area contributed by atoms with Crippen LogP contribution in [0.15, 0.2) is 36.8 Å². The molecule has 1 aliphatic heterocycles. The van der Waals surface area contributed by atoms with E-state index in [1.54, 1.807) is 12.1 Å². The van der Waals surface area contributed by atoms with Gasteiger partial charge in [-0.25, -0.2) is 23.7 Å². The van der Waals surface area contributed by atoms with Crippen molar-refractivity contribution in [1.82, 2.24) is 24.8 Å². The van der Waals surface area contributed by atoms with Crippen LogP contribution in [0.4, 0.5) is 14.6 Å². The Morgan fingerprint density at radius 2 is 1.89 bits per heavy atom. The number of aryl methyl sites for hydroxylation is 1. The number of aromatic nitrogens is 3. The number of piperazine rings is 1. The third-order valence-electron chi connectivity index (χ3n) is 6.00. The van der Waals surface area contributed by atoms with Crippen molar-refractivity contribution in [3.8, 4) is 23.1 Å². The van der Waals surface area contributed by atoms with Crippen molar-refractivity contribution in [2.75, 3.05) is 32.4 Å². The van der Waals surface area contributed by atoms with Crippen LogP contribution < -0.4 is 5.73 Å². The van der Waals surface area contributed by atoms with E-state index in [0.717, 1.165) is 12.1 Å². The lowest BCUT2D eigenvalue weighted by Gasteiger charge is -2.38. The zero-order chi connectivity index (χ0) is 25.1. The van der Waals surface area contributed by atoms with Crippen molar-refractivity contribution < 1.29 is 13.6 Å². The minimum Gasteiger partial charge on any atom is -0.384 e. The zero-order valence-corrected chi connectivity index (χ0v) is 19.8. The van der Waals surface area contributed by atoms with E-state index in [2.05, 4.69) is 31.7 Å². The van der Waals surface area contributed by atoms with Crippen LogP contribution >= 0.6 is 0 Å². The van der Waals surface area contributed by atoms with Crippen LogP contribution in [0, 0.1) is 23.5 Å². The fraction of sp³-hybridized carbons (Fsp3) is 0.308. The number of nitrogens with zero attached hydrogens (tertiary/aromatic N) is 5. The van der Waals surface area contributed by atoms with Crippen molar-refractivity contribution in [3.05, 3.63) is 70.8 Å². The summed E-state index contributed by atoms with van der Waals surface area (Å²) >= 11 is 0. The maximum Gasteiger partial charge on any atom is 0.260 e. The standard InChI is InChI=1S/C26H26F2N6O/c1-4-22-19(7-5-17-6-8-23(29)30-13-17)25(32-15-31-22)18-11-20(27)24(21(28)12-18)26(35)34-10-9-33(3)14-16(34)2/h6,8,11-13,15-16H,4,9-10,14H2,1-3H3,(H2,29,30). The molecule has 1 aromatic carbocycles. The molecule has 4 rings (SSSR count). The zero-order valence-electron chi connectivity index (χ0n) is 19.8. The molecule has 1 aliphatic rings. The Kier molecular flexibility index (Phi) is 7.03. The van der Waals surface area contributed by atoms with E-state index in [9.17, 15) is 4.79 Å². The average molecular weight is 477 g/mol. The Morgan fingerprint density at radius 3 is 2.51 bits per heavy atom. The van der Waals surface area contributed by atoms with Crippen molar-refractivity contribution >= 4 is 11.7 Å². The molecular weight excluding hydrogens is 450 g/mol. The first-order valence-corrected chi connectivity index (χ1v) is 11.3. The molecule has 0 aliphatic carbocycles. The third-order valence-corrected chi connectivity index (χ3v) is 6.00. The average Bonchev–Trinajstić information content (AvgIpc) is 2.83. The van der Waals surface area contributed by atoms with Gasteiger partial charge >= 0.3 is 0 Å². The number of hydrogen-bond donors (Lipinski definition) is 1. The van der Waals surface area contributed by atoms with E-state index in [1.165, 1.54) is 17.4 Å². The Balaban J connectivity index is 1.73. The van der Waals surface area contributed by atoms with Gasteiger partial charge in [0.1, 0.15) is 29.3 Å². The van der Waals surface area contributed by atoms with Crippen molar-refractivity contribution in [2.45, 2.75) is 26.3 Å². The Morgan fingerprint density at radius 1 is 1.14 bits per heavy atom. The Hall–Kier alpha value is -3.90. The summed E-state index contributed by atoms with van der Waals surface area (Å²) in [5.74, 6) is 3.86. The van der Waals surface area contributed by atoms with Crippen LogP contribution in [0.2, 0.25) is 0 Å². The van der Waals surface area contributed by atoms with Crippen molar-refractivity contribution in [3.63, 3.8) is 0 Å². The number of hydrogen-bond acceptors (Lipinski definition) is 6. The highest BCUT2D eigenvalue weighted by Gasteiger charge is 2.30. The predicted octanol–water partition coefficient (Wildman–Crippen LogP) is 3.14. The maximum atomic E-state index is 15.2. The van der Waals surface area contributed by atoms with E-state index >= 15 is 8.78 Å². The lowest BCUT2D eigenvalue weighted by atomic mass is 10.00.